The molecule has 4 nitrogen and oxygen atoms in total. The minimum Gasteiger partial charge on any atom is -0.311 e. The normalized spacial score (nSPS) is 11.5. The molecule has 0 fully saturated rings. The zero-order chi connectivity index (χ0) is 64.1. The number of rotatable bonds is 17. The van der Waals surface area contributed by atoms with Gasteiger partial charge in [-0.05, 0) is 172 Å². The second-order valence-corrected chi connectivity index (χ2v) is 31.9. The Hall–Kier alpha value is -12.1. The Morgan fingerprint density at radius 3 is 0.656 bits per heavy atom. The number of para-hydroxylation sites is 2. The fraction of sp³-hybridized carbons (Fsp3) is 0. The number of nitrogens with zero attached hydrogens (tertiary/aromatic N) is 4. The van der Waals surface area contributed by atoms with Gasteiger partial charge in [-0.2, -0.15) is 0 Å². The topological polar surface area (TPSA) is 32.3 Å². The van der Waals surface area contributed by atoms with Crippen molar-refractivity contribution in [2.75, 3.05) is 9.80 Å². The van der Waals surface area contributed by atoms with Gasteiger partial charge >= 0.3 is 0 Å². The third-order valence-electron chi connectivity index (χ3n) is 19.1. The Labute approximate surface area is 563 Å². The highest BCUT2D eigenvalue weighted by atomic mass is 28.3. The van der Waals surface area contributed by atoms with Crippen LogP contribution in [0.2, 0.25) is 0 Å². The molecule has 0 aliphatic heterocycles. The van der Waals surface area contributed by atoms with Crippen LogP contribution in [0.3, 0.4) is 0 Å². The number of fused-ring (bicyclic) bond motifs is 2. The van der Waals surface area contributed by atoms with Gasteiger partial charge in [0, 0.05) is 57.3 Å². The Bertz CT molecular complexity index is 4850. The summed E-state index contributed by atoms with van der Waals surface area (Å²) in [6.07, 6.45) is 3.99. The van der Waals surface area contributed by atoms with Gasteiger partial charge in [0.15, 0.2) is 16.1 Å². The first-order chi connectivity index (χ1) is 47.6. The zero-order valence-corrected chi connectivity index (χ0v) is 54.9. The lowest BCUT2D eigenvalue weighted by Crippen LogP contribution is -2.74. The first kappa shape index (κ1) is 59.0. The molecule has 6 heteroatoms. The number of pyridine rings is 2. The highest BCUT2D eigenvalue weighted by Gasteiger charge is 2.44. The van der Waals surface area contributed by atoms with E-state index in [1.165, 1.54) is 74.5 Å². The van der Waals surface area contributed by atoms with Crippen molar-refractivity contribution in [1.82, 2.24) is 9.97 Å². The van der Waals surface area contributed by atoms with Crippen LogP contribution in [-0.4, -0.2) is 26.1 Å². The van der Waals surface area contributed by atoms with E-state index in [1.807, 2.05) is 12.4 Å². The molecule has 14 aromatic carbocycles. The molecule has 16 rings (SSSR count). The monoisotopic (exact) mass is 1260 g/mol. The molecule has 0 radical (unpaired) electrons. The number of anilines is 6. The maximum atomic E-state index is 4.89. The first-order valence-corrected chi connectivity index (χ1v) is 36.8. The molecule has 0 amide bonds. The standard InChI is InChI=1S/C90H66N4Si2/c1-7-23-67(24-8-1)69-39-47-73(48-40-69)93(77-55-59-83(60-56-77)95(79-27-11-3-12-28-79,80-29-13-4-14-30-80)89-63-65-91-87-37-21-19-35-85(87)89)75-51-43-71(44-52-75)72-45-53-76(54-46-72)94(74-49-41-70(42-50-74)68-25-9-2-10-26-68)78-57-61-84(62-58-78)96(81-31-15-5-16-32-81,82-33-17-6-18-34-82)90-64-66-92-88-38-22-20-36-86(88)90/h1-66H. The van der Waals surface area contributed by atoms with E-state index in [4.69, 9.17) is 9.97 Å². The SMILES string of the molecule is c1ccc(-c2ccc(N(c3ccc(-c4ccc(N(c5ccc(-c6ccccc6)cc5)c5ccc([Si](c6ccccc6)(c6ccccc6)c6ccnc7ccccc67)cc5)cc4)cc3)c3ccc([Si](c4ccccc4)(c4ccccc4)c4ccnc5ccccc45)cc3)cc2)cc1. The van der Waals surface area contributed by atoms with Crippen molar-refractivity contribution in [2.45, 2.75) is 0 Å². The fourth-order valence-corrected chi connectivity index (χ4v) is 24.5. The van der Waals surface area contributed by atoms with E-state index in [0.29, 0.717) is 0 Å². The molecule has 0 aliphatic carbocycles. The van der Waals surface area contributed by atoms with Crippen LogP contribution in [0.5, 0.6) is 0 Å². The Morgan fingerprint density at radius 2 is 0.385 bits per heavy atom. The van der Waals surface area contributed by atoms with E-state index >= 15 is 0 Å². The lowest BCUT2D eigenvalue weighted by molar-refractivity contribution is 1.28. The van der Waals surface area contributed by atoms with Crippen molar-refractivity contribution in [3.63, 3.8) is 0 Å². The minimum atomic E-state index is -2.95. The summed E-state index contributed by atoms with van der Waals surface area (Å²) in [6, 6.07) is 143. The van der Waals surface area contributed by atoms with E-state index in [9.17, 15) is 0 Å². The van der Waals surface area contributed by atoms with Crippen LogP contribution in [0.1, 0.15) is 0 Å². The molecule has 0 unspecified atom stereocenters. The van der Waals surface area contributed by atoms with Gasteiger partial charge in [0.05, 0.1) is 11.0 Å². The molecule has 2 aromatic heterocycles. The van der Waals surface area contributed by atoms with E-state index in [2.05, 4.69) is 398 Å². The summed E-state index contributed by atoms with van der Waals surface area (Å²) in [5.41, 5.74) is 15.3. The molecule has 16 aromatic rings. The predicted molar refractivity (Wildman–Crippen MR) is 410 cm³/mol. The zero-order valence-electron chi connectivity index (χ0n) is 52.9. The molecule has 454 valence electrons. The average molecular weight is 1260 g/mol. The molecule has 0 saturated heterocycles. The summed E-state index contributed by atoms with van der Waals surface area (Å²) in [7, 11) is -5.90. The van der Waals surface area contributed by atoms with Crippen molar-refractivity contribution >= 4 is 114 Å². The Balaban J connectivity index is 0.778. The number of aromatic nitrogens is 2. The molecule has 2 heterocycles. The fourth-order valence-electron chi connectivity index (χ4n) is 14.6. The van der Waals surface area contributed by atoms with Crippen molar-refractivity contribution in [3.8, 4) is 33.4 Å². The van der Waals surface area contributed by atoms with Crippen molar-refractivity contribution in [2.24, 2.45) is 0 Å². The molecule has 96 heavy (non-hydrogen) atoms. The van der Waals surface area contributed by atoms with Gasteiger partial charge < -0.3 is 9.80 Å². The van der Waals surface area contributed by atoms with Crippen LogP contribution in [-0.2, 0) is 0 Å². The summed E-state index contributed by atoms with van der Waals surface area (Å²) in [5, 5.41) is 12.8. The molecule has 0 aliphatic rings. The average Bonchev–Trinajstić information content (AvgIpc) is 0.733. The summed E-state index contributed by atoms with van der Waals surface area (Å²) >= 11 is 0. The van der Waals surface area contributed by atoms with Gasteiger partial charge in [-0.3, -0.25) is 9.97 Å². The molecule has 0 bridgehead atoms. The third kappa shape index (κ3) is 10.9. The first-order valence-electron chi connectivity index (χ1n) is 32.8. The largest absolute Gasteiger partial charge is 0.311 e. The van der Waals surface area contributed by atoms with E-state index in [1.54, 1.807) is 0 Å². The lowest BCUT2D eigenvalue weighted by Gasteiger charge is -2.35. The van der Waals surface area contributed by atoms with E-state index in [0.717, 1.165) is 56.3 Å². The highest BCUT2D eigenvalue weighted by Crippen LogP contribution is 2.40. The molecule has 0 spiro atoms. The van der Waals surface area contributed by atoms with Gasteiger partial charge in [-0.1, -0.05) is 291 Å². The second-order valence-electron chi connectivity index (χ2n) is 24.4. The molecule has 0 atom stereocenters. The van der Waals surface area contributed by atoms with E-state index in [-0.39, 0.29) is 0 Å². The van der Waals surface area contributed by atoms with E-state index < -0.39 is 16.1 Å². The van der Waals surface area contributed by atoms with Crippen LogP contribution in [0.4, 0.5) is 34.1 Å². The maximum Gasteiger partial charge on any atom is 0.180 e. The van der Waals surface area contributed by atoms with Gasteiger partial charge in [0.25, 0.3) is 0 Å². The Kier molecular flexibility index (Phi) is 16.1. The van der Waals surface area contributed by atoms with Crippen LogP contribution < -0.4 is 51.3 Å². The number of hydrogen-bond donors (Lipinski definition) is 0. The predicted octanol–water partition coefficient (Wildman–Crippen LogP) is 17.5. The number of benzene rings is 14. The number of hydrogen-bond acceptors (Lipinski definition) is 4. The highest BCUT2D eigenvalue weighted by molar-refractivity contribution is 7.21. The van der Waals surface area contributed by atoms with Crippen molar-refractivity contribution < 1.29 is 0 Å². The second kappa shape index (κ2) is 26.1. The Morgan fingerprint density at radius 1 is 0.177 bits per heavy atom. The quantitative estimate of drug-likeness (QED) is 0.0672. The summed E-state index contributed by atoms with van der Waals surface area (Å²) < 4.78 is 0. The minimum absolute atomic E-state index is 0.997. The molecule has 0 saturated carbocycles. The molecular formula is C90H66N4Si2. The summed E-state index contributed by atoms with van der Waals surface area (Å²) in [6.45, 7) is 0. The van der Waals surface area contributed by atoms with Crippen LogP contribution in [0, 0.1) is 0 Å². The van der Waals surface area contributed by atoms with Gasteiger partial charge in [-0.25, -0.2) is 0 Å². The molecular weight excluding hydrogens is 1190 g/mol. The van der Waals surface area contributed by atoms with Gasteiger partial charge in [-0.15, -0.1) is 0 Å². The van der Waals surface area contributed by atoms with Gasteiger partial charge in [0.2, 0.25) is 0 Å². The lowest BCUT2D eigenvalue weighted by atomic mass is 10.0. The molecule has 0 N–H and O–H groups in total. The summed E-state index contributed by atoms with van der Waals surface area (Å²) in [4.78, 5) is 14.5. The maximum absolute atomic E-state index is 4.89. The summed E-state index contributed by atoms with van der Waals surface area (Å²) in [5.74, 6) is 0. The van der Waals surface area contributed by atoms with Crippen LogP contribution in [0.25, 0.3) is 55.2 Å². The van der Waals surface area contributed by atoms with Crippen LogP contribution in [0.15, 0.2) is 401 Å². The van der Waals surface area contributed by atoms with Crippen LogP contribution >= 0.6 is 0 Å². The smallest absolute Gasteiger partial charge is 0.180 e. The van der Waals surface area contributed by atoms with Crippen molar-refractivity contribution in [1.29, 1.82) is 0 Å². The third-order valence-corrected chi connectivity index (χ3v) is 28.8. The van der Waals surface area contributed by atoms with Crippen molar-refractivity contribution in [3.05, 3.63) is 401 Å². The van der Waals surface area contributed by atoms with Gasteiger partial charge in [0.1, 0.15) is 0 Å².